The van der Waals surface area contributed by atoms with Crippen molar-refractivity contribution in [2.75, 3.05) is 17.7 Å². The van der Waals surface area contributed by atoms with Crippen molar-refractivity contribution in [3.63, 3.8) is 0 Å². The molecule has 2 amide bonds. The van der Waals surface area contributed by atoms with Gasteiger partial charge in [-0.1, -0.05) is 36.4 Å². The van der Waals surface area contributed by atoms with Crippen molar-refractivity contribution in [1.82, 2.24) is 9.78 Å². The standard InChI is InChI=1S/C24H20N4O4/c1-15(29)25-20-14-16(12-13-21(20)32-2)26-23(30)22-18-10-6-7-11-19(18)24(31)28(27-22)17-8-4-3-5-9-17/h3-14H,1-2H3,(H,25,29)(H,26,30). The Bertz CT molecular complexity index is 1380. The van der Waals surface area contributed by atoms with E-state index < -0.39 is 5.91 Å². The topological polar surface area (TPSA) is 102 Å². The van der Waals surface area contributed by atoms with Crippen LogP contribution >= 0.6 is 0 Å². The van der Waals surface area contributed by atoms with Crippen LogP contribution in [0.4, 0.5) is 11.4 Å². The van der Waals surface area contributed by atoms with Gasteiger partial charge < -0.3 is 15.4 Å². The van der Waals surface area contributed by atoms with E-state index in [9.17, 15) is 14.4 Å². The second-order valence-corrected chi connectivity index (χ2v) is 7.00. The molecule has 0 saturated heterocycles. The summed E-state index contributed by atoms with van der Waals surface area (Å²) < 4.78 is 6.46. The average molecular weight is 428 g/mol. The molecule has 160 valence electrons. The molecule has 4 aromatic rings. The summed E-state index contributed by atoms with van der Waals surface area (Å²) in [7, 11) is 1.49. The van der Waals surface area contributed by atoms with Gasteiger partial charge in [0.05, 0.1) is 23.9 Å². The van der Waals surface area contributed by atoms with Crippen LogP contribution in [0.1, 0.15) is 17.4 Å². The maximum atomic E-state index is 13.2. The summed E-state index contributed by atoms with van der Waals surface area (Å²) in [5.41, 5.74) is 1.18. The molecule has 0 aliphatic heterocycles. The van der Waals surface area contributed by atoms with Gasteiger partial charge in [-0.2, -0.15) is 9.78 Å². The highest BCUT2D eigenvalue weighted by Gasteiger charge is 2.18. The molecule has 3 aromatic carbocycles. The number of methoxy groups -OCH3 is 1. The van der Waals surface area contributed by atoms with E-state index in [-0.39, 0.29) is 17.2 Å². The number of nitrogens with one attached hydrogen (secondary N) is 2. The van der Waals surface area contributed by atoms with E-state index in [1.54, 1.807) is 66.7 Å². The molecular formula is C24H20N4O4. The van der Waals surface area contributed by atoms with Crippen molar-refractivity contribution in [2.24, 2.45) is 0 Å². The smallest absolute Gasteiger partial charge is 0.279 e. The fourth-order valence-corrected chi connectivity index (χ4v) is 3.36. The molecular weight excluding hydrogens is 408 g/mol. The fraction of sp³-hybridized carbons (Fsp3) is 0.0833. The lowest BCUT2D eigenvalue weighted by Crippen LogP contribution is -2.26. The zero-order valence-electron chi connectivity index (χ0n) is 17.5. The largest absolute Gasteiger partial charge is 0.495 e. The number of fused-ring (bicyclic) bond motifs is 1. The minimum atomic E-state index is -0.496. The molecule has 8 heteroatoms. The van der Waals surface area contributed by atoms with E-state index in [1.807, 2.05) is 6.07 Å². The van der Waals surface area contributed by atoms with Gasteiger partial charge in [-0.05, 0) is 36.4 Å². The zero-order chi connectivity index (χ0) is 22.7. The average Bonchev–Trinajstić information content (AvgIpc) is 2.80. The van der Waals surface area contributed by atoms with Gasteiger partial charge in [0.15, 0.2) is 5.69 Å². The normalized spacial score (nSPS) is 10.6. The van der Waals surface area contributed by atoms with Gasteiger partial charge in [0.1, 0.15) is 5.75 Å². The third kappa shape index (κ3) is 4.06. The van der Waals surface area contributed by atoms with Crippen molar-refractivity contribution in [3.05, 3.63) is 88.8 Å². The van der Waals surface area contributed by atoms with Crippen LogP contribution in [0.2, 0.25) is 0 Å². The van der Waals surface area contributed by atoms with Crippen LogP contribution in [0, 0.1) is 0 Å². The number of hydrogen-bond donors (Lipinski definition) is 2. The number of carbonyl (C=O) groups is 2. The van der Waals surface area contributed by atoms with Crippen LogP contribution in [0.15, 0.2) is 77.6 Å². The number of aromatic nitrogens is 2. The summed E-state index contributed by atoms with van der Waals surface area (Å²) in [6, 6.07) is 20.6. The molecule has 0 aliphatic rings. The predicted octanol–water partition coefficient (Wildman–Crippen LogP) is 3.61. The molecule has 0 fully saturated rings. The number of hydrogen-bond acceptors (Lipinski definition) is 5. The van der Waals surface area contributed by atoms with Crippen molar-refractivity contribution < 1.29 is 14.3 Å². The first-order valence-corrected chi connectivity index (χ1v) is 9.82. The van der Waals surface area contributed by atoms with Gasteiger partial charge in [-0.15, -0.1) is 0 Å². The minimum absolute atomic E-state index is 0.0981. The Hall–Kier alpha value is -4.46. The second-order valence-electron chi connectivity index (χ2n) is 7.00. The van der Waals surface area contributed by atoms with Gasteiger partial charge in [0.25, 0.3) is 11.5 Å². The number of amides is 2. The Morgan fingerprint density at radius 3 is 2.28 bits per heavy atom. The van der Waals surface area contributed by atoms with E-state index >= 15 is 0 Å². The summed E-state index contributed by atoms with van der Waals surface area (Å²) in [5, 5.41) is 10.7. The van der Waals surface area contributed by atoms with Gasteiger partial charge >= 0.3 is 0 Å². The van der Waals surface area contributed by atoms with Crippen molar-refractivity contribution >= 4 is 34.0 Å². The van der Waals surface area contributed by atoms with E-state index in [4.69, 9.17) is 4.74 Å². The number of ether oxygens (including phenoxy) is 1. The van der Waals surface area contributed by atoms with Crippen LogP contribution < -0.4 is 20.9 Å². The van der Waals surface area contributed by atoms with Gasteiger partial charge in [-0.25, -0.2) is 0 Å². The molecule has 0 radical (unpaired) electrons. The number of anilines is 2. The molecule has 0 aliphatic carbocycles. The third-order valence-electron chi connectivity index (χ3n) is 4.79. The molecule has 0 unspecified atom stereocenters. The Balaban J connectivity index is 1.78. The number of nitrogens with zero attached hydrogens (tertiary/aromatic N) is 2. The molecule has 0 atom stereocenters. The molecule has 0 bridgehead atoms. The summed E-state index contributed by atoms with van der Waals surface area (Å²) in [4.78, 5) is 37.7. The van der Waals surface area contributed by atoms with Crippen molar-refractivity contribution in [2.45, 2.75) is 6.92 Å². The lowest BCUT2D eigenvalue weighted by Gasteiger charge is -2.13. The first kappa shape index (κ1) is 20.8. The molecule has 1 aromatic heterocycles. The number of para-hydroxylation sites is 1. The number of carbonyl (C=O) groups excluding carboxylic acids is 2. The van der Waals surface area contributed by atoms with Crippen LogP contribution in [0.25, 0.3) is 16.5 Å². The van der Waals surface area contributed by atoms with Crippen molar-refractivity contribution in [1.29, 1.82) is 0 Å². The maximum Gasteiger partial charge on any atom is 0.279 e. The molecule has 0 saturated carbocycles. The predicted molar refractivity (Wildman–Crippen MR) is 123 cm³/mol. The highest BCUT2D eigenvalue weighted by Crippen LogP contribution is 2.28. The molecule has 2 N–H and O–H groups in total. The van der Waals surface area contributed by atoms with Gasteiger partial charge in [-0.3, -0.25) is 14.4 Å². The summed E-state index contributed by atoms with van der Waals surface area (Å²) in [5.74, 6) is -0.307. The van der Waals surface area contributed by atoms with Crippen LogP contribution in [-0.2, 0) is 4.79 Å². The summed E-state index contributed by atoms with van der Waals surface area (Å²) in [6.45, 7) is 1.38. The van der Waals surface area contributed by atoms with E-state index in [0.717, 1.165) is 0 Å². The zero-order valence-corrected chi connectivity index (χ0v) is 17.5. The number of rotatable bonds is 5. The molecule has 32 heavy (non-hydrogen) atoms. The Morgan fingerprint density at radius 2 is 1.59 bits per heavy atom. The first-order valence-electron chi connectivity index (χ1n) is 9.82. The van der Waals surface area contributed by atoms with E-state index in [2.05, 4.69) is 15.7 Å². The second kappa shape index (κ2) is 8.73. The Labute approximate surface area is 183 Å². The molecule has 0 spiro atoms. The molecule has 4 rings (SSSR count). The van der Waals surface area contributed by atoms with E-state index in [1.165, 1.54) is 18.7 Å². The molecule has 8 nitrogen and oxygen atoms in total. The fourth-order valence-electron chi connectivity index (χ4n) is 3.36. The highest BCUT2D eigenvalue weighted by molar-refractivity contribution is 6.11. The first-order chi connectivity index (χ1) is 15.5. The lowest BCUT2D eigenvalue weighted by molar-refractivity contribution is -0.114. The van der Waals surface area contributed by atoms with Crippen molar-refractivity contribution in [3.8, 4) is 11.4 Å². The third-order valence-corrected chi connectivity index (χ3v) is 4.79. The lowest BCUT2D eigenvalue weighted by atomic mass is 10.1. The summed E-state index contributed by atoms with van der Waals surface area (Å²) in [6.07, 6.45) is 0. The van der Waals surface area contributed by atoms with Gasteiger partial charge in [0, 0.05) is 18.0 Å². The monoisotopic (exact) mass is 428 g/mol. The van der Waals surface area contributed by atoms with Gasteiger partial charge in [0.2, 0.25) is 5.91 Å². The number of benzene rings is 3. The van der Waals surface area contributed by atoms with E-state index in [0.29, 0.717) is 33.6 Å². The minimum Gasteiger partial charge on any atom is -0.495 e. The van der Waals surface area contributed by atoms with Crippen LogP contribution in [0.5, 0.6) is 5.75 Å². The maximum absolute atomic E-state index is 13.2. The SMILES string of the molecule is COc1ccc(NC(=O)c2nn(-c3ccccc3)c(=O)c3ccccc23)cc1NC(C)=O. The Kier molecular flexibility index (Phi) is 5.67. The van der Waals surface area contributed by atoms with Crippen LogP contribution in [0.3, 0.4) is 0 Å². The summed E-state index contributed by atoms with van der Waals surface area (Å²) >= 11 is 0. The quantitative estimate of drug-likeness (QED) is 0.506. The highest BCUT2D eigenvalue weighted by atomic mass is 16.5. The molecule has 1 heterocycles. The van der Waals surface area contributed by atoms with Crippen LogP contribution in [-0.4, -0.2) is 28.7 Å². The Morgan fingerprint density at radius 1 is 0.906 bits per heavy atom.